The van der Waals surface area contributed by atoms with Crippen LogP contribution in [0.4, 0.5) is 0 Å². The van der Waals surface area contributed by atoms with Gasteiger partial charge in [0.05, 0.1) is 22.2 Å². The van der Waals surface area contributed by atoms with E-state index in [4.69, 9.17) is 14.2 Å². The highest BCUT2D eigenvalue weighted by molar-refractivity contribution is 9.11. The summed E-state index contributed by atoms with van der Waals surface area (Å²) in [5.74, 6) is 0.835. The van der Waals surface area contributed by atoms with Gasteiger partial charge in [0.15, 0.2) is 0 Å². The minimum absolute atomic E-state index is 0.635. The fourth-order valence-corrected chi connectivity index (χ4v) is 3.15. The number of methoxy groups -OCH3 is 2. The Labute approximate surface area is 137 Å². The molecule has 0 atom stereocenters. The monoisotopic (exact) mass is 409 g/mol. The lowest BCUT2D eigenvalue weighted by molar-refractivity contribution is 0.171. The molecule has 6 heteroatoms. The molecular formula is C14H21Br2NO3. The van der Waals surface area contributed by atoms with Crippen LogP contribution in [-0.4, -0.2) is 40.6 Å². The molecule has 0 spiro atoms. The zero-order chi connectivity index (χ0) is 14.8. The van der Waals surface area contributed by atoms with Crippen LogP contribution in [0, 0.1) is 0 Å². The molecule has 0 aliphatic carbocycles. The predicted molar refractivity (Wildman–Crippen MR) is 87.4 cm³/mol. The second kappa shape index (κ2) is 10.6. The van der Waals surface area contributed by atoms with Gasteiger partial charge in [-0.25, -0.2) is 0 Å². The molecule has 4 nitrogen and oxygen atoms in total. The van der Waals surface area contributed by atoms with Gasteiger partial charge in [-0.2, -0.15) is 0 Å². The number of rotatable bonds is 10. The SMILES string of the molecule is COCCCOc1c(Br)cc(CNCCOC)cc1Br. The standard InChI is InChI=1S/C14H21Br2NO3/c1-18-5-3-6-20-14-12(15)8-11(9-13(14)16)10-17-4-7-19-2/h8-9,17H,3-7,10H2,1-2H3. The van der Waals surface area contributed by atoms with Gasteiger partial charge in [-0.3, -0.25) is 0 Å². The van der Waals surface area contributed by atoms with Gasteiger partial charge in [-0.05, 0) is 49.6 Å². The molecule has 20 heavy (non-hydrogen) atoms. The fourth-order valence-electron chi connectivity index (χ4n) is 1.64. The Kier molecular flexibility index (Phi) is 9.46. The van der Waals surface area contributed by atoms with Crippen molar-refractivity contribution < 1.29 is 14.2 Å². The molecule has 1 rings (SSSR count). The van der Waals surface area contributed by atoms with Gasteiger partial charge in [-0.1, -0.05) is 0 Å². The summed E-state index contributed by atoms with van der Waals surface area (Å²) in [7, 11) is 3.39. The molecular weight excluding hydrogens is 390 g/mol. The second-order valence-electron chi connectivity index (χ2n) is 4.25. The Bertz CT molecular complexity index is 379. The zero-order valence-corrected chi connectivity index (χ0v) is 15.1. The molecule has 0 saturated heterocycles. The Morgan fingerprint density at radius 1 is 1.00 bits per heavy atom. The molecule has 114 valence electrons. The molecule has 0 aromatic heterocycles. The third kappa shape index (κ3) is 6.54. The number of nitrogens with one attached hydrogen (secondary N) is 1. The van der Waals surface area contributed by atoms with Crippen LogP contribution in [0.15, 0.2) is 21.1 Å². The average molecular weight is 411 g/mol. The van der Waals surface area contributed by atoms with Crippen LogP contribution in [0.2, 0.25) is 0 Å². The Morgan fingerprint density at radius 3 is 2.25 bits per heavy atom. The molecule has 1 aromatic rings. The Hall–Kier alpha value is -0.140. The van der Waals surface area contributed by atoms with E-state index in [-0.39, 0.29) is 0 Å². The van der Waals surface area contributed by atoms with Crippen LogP contribution >= 0.6 is 31.9 Å². The van der Waals surface area contributed by atoms with Crippen molar-refractivity contribution in [2.24, 2.45) is 0 Å². The van der Waals surface area contributed by atoms with Crippen LogP contribution in [0.3, 0.4) is 0 Å². The van der Waals surface area contributed by atoms with Gasteiger partial charge in [0.2, 0.25) is 0 Å². The van der Waals surface area contributed by atoms with Crippen LogP contribution in [0.1, 0.15) is 12.0 Å². The summed E-state index contributed by atoms with van der Waals surface area (Å²) in [5, 5.41) is 3.31. The lowest BCUT2D eigenvalue weighted by Gasteiger charge is -2.12. The van der Waals surface area contributed by atoms with E-state index in [0.29, 0.717) is 19.8 Å². The summed E-state index contributed by atoms with van der Waals surface area (Å²) < 4.78 is 17.7. The maximum atomic E-state index is 5.75. The lowest BCUT2D eigenvalue weighted by Crippen LogP contribution is -2.18. The number of hydrogen-bond acceptors (Lipinski definition) is 4. The first-order valence-corrected chi connectivity index (χ1v) is 8.07. The number of halogens is 2. The molecule has 0 fully saturated rings. The third-order valence-corrected chi connectivity index (χ3v) is 3.79. The van der Waals surface area contributed by atoms with Gasteiger partial charge in [0.25, 0.3) is 0 Å². The van der Waals surface area contributed by atoms with E-state index in [2.05, 4.69) is 49.3 Å². The van der Waals surface area contributed by atoms with Crippen molar-refractivity contribution in [3.63, 3.8) is 0 Å². The van der Waals surface area contributed by atoms with E-state index in [1.165, 1.54) is 5.56 Å². The van der Waals surface area contributed by atoms with Crippen LogP contribution in [0.25, 0.3) is 0 Å². The smallest absolute Gasteiger partial charge is 0.147 e. The van der Waals surface area contributed by atoms with E-state index >= 15 is 0 Å². The minimum Gasteiger partial charge on any atom is -0.491 e. The molecule has 0 bridgehead atoms. The van der Waals surface area contributed by atoms with Crippen molar-refractivity contribution in [3.05, 3.63) is 26.6 Å². The van der Waals surface area contributed by atoms with Crippen LogP contribution in [-0.2, 0) is 16.0 Å². The van der Waals surface area contributed by atoms with E-state index in [1.807, 2.05) is 0 Å². The van der Waals surface area contributed by atoms with Crippen LogP contribution in [0.5, 0.6) is 5.75 Å². The quantitative estimate of drug-likeness (QED) is 0.600. The highest BCUT2D eigenvalue weighted by Crippen LogP contribution is 2.34. The third-order valence-electron chi connectivity index (χ3n) is 2.61. The van der Waals surface area contributed by atoms with E-state index < -0.39 is 0 Å². The summed E-state index contributed by atoms with van der Waals surface area (Å²) in [5.41, 5.74) is 1.18. The minimum atomic E-state index is 0.635. The second-order valence-corrected chi connectivity index (χ2v) is 5.96. The lowest BCUT2D eigenvalue weighted by atomic mass is 10.2. The molecule has 1 N–H and O–H groups in total. The van der Waals surface area contributed by atoms with Crippen molar-refractivity contribution in [3.8, 4) is 5.75 Å². The Morgan fingerprint density at radius 2 is 1.65 bits per heavy atom. The maximum absolute atomic E-state index is 5.75. The topological polar surface area (TPSA) is 39.7 Å². The van der Waals surface area contributed by atoms with Crippen molar-refractivity contribution in [2.45, 2.75) is 13.0 Å². The summed E-state index contributed by atoms with van der Waals surface area (Å²) in [6, 6.07) is 4.13. The van der Waals surface area contributed by atoms with Gasteiger partial charge in [-0.15, -0.1) is 0 Å². The molecule has 0 radical (unpaired) electrons. The average Bonchev–Trinajstić information content (AvgIpc) is 2.42. The van der Waals surface area contributed by atoms with Gasteiger partial charge >= 0.3 is 0 Å². The number of benzene rings is 1. The molecule has 0 unspecified atom stereocenters. The van der Waals surface area contributed by atoms with Crippen LogP contribution < -0.4 is 10.1 Å². The van der Waals surface area contributed by atoms with E-state index in [9.17, 15) is 0 Å². The summed E-state index contributed by atoms with van der Waals surface area (Å²) in [6.45, 7) is 3.68. The van der Waals surface area contributed by atoms with Gasteiger partial charge < -0.3 is 19.5 Å². The number of hydrogen-bond donors (Lipinski definition) is 1. The summed E-state index contributed by atoms with van der Waals surface area (Å²) in [4.78, 5) is 0. The van der Waals surface area contributed by atoms with E-state index in [0.717, 1.165) is 34.2 Å². The fraction of sp³-hybridized carbons (Fsp3) is 0.571. The summed E-state index contributed by atoms with van der Waals surface area (Å²) >= 11 is 7.10. The zero-order valence-electron chi connectivity index (χ0n) is 11.9. The first-order chi connectivity index (χ1) is 9.69. The summed E-state index contributed by atoms with van der Waals surface area (Å²) in [6.07, 6.45) is 0.871. The molecule has 1 aromatic carbocycles. The first-order valence-electron chi connectivity index (χ1n) is 6.48. The highest BCUT2D eigenvalue weighted by atomic mass is 79.9. The highest BCUT2D eigenvalue weighted by Gasteiger charge is 2.09. The van der Waals surface area contributed by atoms with Gasteiger partial charge in [0.1, 0.15) is 5.75 Å². The van der Waals surface area contributed by atoms with Crippen molar-refractivity contribution >= 4 is 31.9 Å². The van der Waals surface area contributed by atoms with E-state index in [1.54, 1.807) is 14.2 Å². The molecule has 0 saturated carbocycles. The number of ether oxygens (including phenoxy) is 3. The van der Waals surface area contributed by atoms with Crippen molar-refractivity contribution in [1.82, 2.24) is 5.32 Å². The largest absolute Gasteiger partial charge is 0.491 e. The molecule has 0 amide bonds. The molecule has 0 aliphatic heterocycles. The van der Waals surface area contributed by atoms with Crippen molar-refractivity contribution in [2.75, 3.05) is 40.6 Å². The van der Waals surface area contributed by atoms with Crippen molar-refractivity contribution in [1.29, 1.82) is 0 Å². The maximum Gasteiger partial charge on any atom is 0.147 e. The molecule has 0 heterocycles. The Balaban J connectivity index is 2.52. The normalized spacial score (nSPS) is 10.8. The van der Waals surface area contributed by atoms with Gasteiger partial charge in [0, 0.05) is 40.3 Å². The molecule has 0 aliphatic rings. The first kappa shape index (κ1) is 17.9. The predicted octanol–water partition coefficient (Wildman–Crippen LogP) is 3.36.